The molecule has 6 bridgehead atoms. The molecule has 8 rings (SSSR count). The minimum Gasteiger partial charge on any atom is -0.461 e. The normalized spacial score (nSPS) is 42.1. The fraction of sp³-hybridized carbons (Fsp3) is 0.677. The molecule has 2 heterocycles. The lowest BCUT2D eigenvalue weighted by atomic mass is 9.52. The predicted molar refractivity (Wildman–Crippen MR) is 142 cm³/mol. The van der Waals surface area contributed by atoms with Crippen molar-refractivity contribution >= 4 is 23.9 Å². The van der Waals surface area contributed by atoms with Crippen LogP contribution in [0, 0.1) is 35.0 Å². The van der Waals surface area contributed by atoms with Crippen LogP contribution in [-0.4, -0.2) is 59.0 Å². The molecular weight excluding hydrogens is 516 g/mol. The molecular formula is C31H40O9. The Morgan fingerprint density at radius 1 is 1.00 bits per heavy atom. The maximum Gasteiger partial charge on any atom is 0.334 e. The zero-order chi connectivity index (χ0) is 29.0. The Labute approximate surface area is 234 Å². The standard InChI is InChI=1S/C13H18O3.C11H12O4.C7H10O2/c1-2-11(14)16-13-6-9-3-10(7-13)5-12(15,4-9)8-13;1-2-8(12)14-9-5-3-6-7(4-5)11(13)15-10(6)9;1-5-6(8)9-4-7(5,2)3/h2,9-10,15H,1,3-8H2;2,5-7,9-10H,1,3-4H2;1,4H2,2-3H3. The van der Waals surface area contributed by atoms with Crippen LogP contribution < -0.4 is 0 Å². The average molecular weight is 557 g/mol. The molecule has 9 heteroatoms. The predicted octanol–water partition coefficient (Wildman–Crippen LogP) is 3.59. The number of fused-ring (bicyclic) bond motifs is 1. The van der Waals surface area contributed by atoms with Gasteiger partial charge in [0.15, 0.2) is 0 Å². The maximum absolute atomic E-state index is 11.4. The fourth-order valence-corrected chi connectivity index (χ4v) is 8.45. The summed E-state index contributed by atoms with van der Waals surface area (Å²) in [6, 6.07) is 0. The van der Waals surface area contributed by atoms with E-state index in [0.717, 1.165) is 44.6 Å². The molecule has 0 radical (unpaired) electrons. The Bertz CT molecular complexity index is 1120. The summed E-state index contributed by atoms with van der Waals surface area (Å²) in [7, 11) is 0. The lowest BCUT2D eigenvalue weighted by molar-refractivity contribution is -0.216. The molecule has 6 aliphatic carbocycles. The molecule has 0 spiro atoms. The van der Waals surface area contributed by atoms with Crippen LogP contribution in [0.1, 0.15) is 65.2 Å². The zero-order valence-electron chi connectivity index (χ0n) is 23.4. The zero-order valence-corrected chi connectivity index (χ0v) is 23.4. The second-order valence-electron chi connectivity index (χ2n) is 13.4. The average Bonchev–Trinajstić information content (AvgIpc) is 3.56. The van der Waals surface area contributed by atoms with Crippen molar-refractivity contribution in [2.75, 3.05) is 6.61 Å². The van der Waals surface area contributed by atoms with Crippen molar-refractivity contribution in [1.29, 1.82) is 0 Å². The van der Waals surface area contributed by atoms with E-state index in [1.54, 1.807) is 0 Å². The second kappa shape index (κ2) is 10.2. The van der Waals surface area contributed by atoms with Crippen molar-refractivity contribution in [3.63, 3.8) is 0 Å². The summed E-state index contributed by atoms with van der Waals surface area (Å²) in [6.45, 7) is 14.8. The van der Waals surface area contributed by atoms with Crippen LogP contribution in [0.2, 0.25) is 0 Å². The Balaban J connectivity index is 0.000000126. The first-order valence-electron chi connectivity index (χ1n) is 14.2. The number of rotatable bonds is 4. The summed E-state index contributed by atoms with van der Waals surface area (Å²) in [5.74, 6) is 0.624. The molecule has 8 fully saturated rings. The summed E-state index contributed by atoms with van der Waals surface area (Å²) in [6.07, 6.45) is 9.23. The van der Waals surface area contributed by atoms with Crippen molar-refractivity contribution in [1.82, 2.24) is 0 Å². The van der Waals surface area contributed by atoms with E-state index in [1.807, 2.05) is 13.8 Å². The SMILES string of the molecule is C=C1C(=O)OCC1(C)C.C=CC(=O)OC12CC3CC(CC(O)(C3)C1)C2.C=CC(=O)OC1C2CC3C(=O)OC1C3C2. The van der Waals surface area contributed by atoms with E-state index >= 15 is 0 Å². The van der Waals surface area contributed by atoms with E-state index in [9.17, 15) is 24.3 Å². The van der Waals surface area contributed by atoms with E-state index in [2.05, 4.69) is 19.7 Å². The van der Waals surface area contributed by atoms with Crippen molar-refractivity contribution < 1.29 is 43.2 Å². The molecule has 0 amide bonds. The monoisotopic (exact) mass is 556 g/mol. The third-order valence-electron chi connectivity index (χ3n) is 9.92. The van der Waals surface area contributed by atoms with Gasteiger partial charge in [-0.3, -0.25) is 4.79 Å². The molecule has 6 saturated carbocycles. The van der Waals surface area contributed by atoms with Gasteiger partial charge >= 0.3 is 23.9 Å². The summed E-state index contributed by atoms with van der Waals surface area (Å²) >= 11 is 0. The molecule has 40 heavy (non-hydrogen) atoms. The molecule has 0 aromatic heterocycles. The van der Waals surface area contributed by atoms with Crippen LogP contribution in [-0.2, 0) is 38.1 Å². The Morgan fingerprint density at radius 2 is 1.65 bits per heavy atom. The summed E-state index contributed by atoms with van der Waals surface area (Å²) in [5, 5.41) is 10.4. The highest BCUT2D eigenvalue weighted by Gasteiger charge is 2.63. The van der Waals surface area contributed by atoms with Crippen molar-refractivity contribution in [3.8, 4) is 0 Å². The van der Waals surface area contributed by atoms with E-state index < -0.39 is 11.6 Å². The van der Waals surface area contributed by atoms with Gasteiger partial charge in [-0.2, -0.15) is 0 Å². The molecule has 2 saturated heterocycles. The third kappa shape index (κ3) is 5.24. The maximum atomic E-state index is 11.4. The van der Waals surface area contributed by atoms with Gasteiger partial charge in [0.05, 0.1) is 11.5 Å². The van der Waals surface area contributed by atoms with E-state index in [0.29, 0.717) is 36.4 Å². The minimum absolute atomic E-state index is 0.0682. The van der Waals surface area contributed by atoms with Gasteiger partial charge in [0.25, 0.3) is 0 Å². The number of hydrogen-bond donors (Lipinski definition) is 1. The van der Waals surface area contributed by atoms with Crippen molar-refractivity contribution in [2.24, 2.45) is 35.0 Å². The molecule has 7 unspecified atom stereocenters. The first-order valence-corrected chi connectivity index (χ1v) is 14.2. The molecule has 9 nitrogen and oxygen atoms in total. The molecule has 8 aliphatic rings. The minimum atomic E-state index is -0.564. The van der Waals surface area contributed by atoms with Crippen LogP contribution in [0.5, 0.6) is 0 Å². The quantitative estimate of drug-likeness (QED) is 0.314. The second-order valence-corrected chi connectivity index (χ2v) is 13.4. The van der Waals surface area contributed by atoms with Gasteiger partial charge in [-0.05, 0) is 56.8 Å². The highest BCUT2D eigenvalue weighted by Crippen LogP contribution is 2.59. The van der Waals surface area contributed by atoms with Gasteiger partial charge in [-0.15, -0.1) is 0 Å². The summed E-state index contributed by atoms with van der Waals surface area (Å²) in [4.78, 5) is 44.6. The smallest absolute Gasteiger partial charge is 0.334 e. The molecule has 0 aromatic carbocycles. The van der Waals surface area contributed by atoms with Crippen molar-refractivity contribution in [2.45, 2.75) is 88.6 Å². The van der Waals surface area contributed by atoms with Gasteiger partial charge in [-0.25, -0.2) is 14.4 Å². The Kier molecular flexibility index (Phi) is 7.26. The Morgan fingerprint density at radius 3 is 2.15 bits per heavy atom. The van der Waals surface area contributed by atoms with E-state index in [-0.39, 0.29) is 53.0 Å². The van der Waals surface area contributed by atoms with Crippen LogP contribution in [0.4, 0.5) is 0 Å². The number of carbonyl (C=O) groups excluding carboxylic acids is 4. The fourth-order valence-electron chi connectivity index (χ4n) is 8.45. The molecule has 218 valence electrons. The van der Waals surface area contributed by atoms with Gasteiger partial charge < -0.3 is 24.1 Å². The van der Waals surface area contributed by atoms with Crippen LogP contribution in [0.15, 0.2) is 37.5 Å². The summed E-state index contributed by atoms with van der Waals surface area (Å²) in [5.41, 5.74) is -0.505. The van der Waals surface area contributed by atoms with Gasteiger partial charge in [-0.1, -0.05) is 33.6 Å². The first kappa shape index (κ1) is 28.6. The van der Waals surface area contributed by atoms with Crippen LogP contribution in [0.3, 0.4) is 0 Å². The number of esters is 4. The molecule has 7 atom stereocenters. The van der Waals surface area contributed by atoms with Crippen LogP contribution in [0.25, 0.3) is 0 Å². The number of hydrogen-bond acceptors (Lipinski definition) is 9. The molecule has 0 aromatic rings. The van der Waals surface area contributed by atoms with Gasteiger partial charge in [0.2, 0.25) is 0 Å². The number of aliphatic hydroxyl groups is 1. The first-order chi connectivity index (χ1) is 18.8. The molecule has 2 aliphatic heterocycles. The van der Waals surface area contributed by atoms with Gasteiger partial charge in [0, 0.05) is 41.4 Å². The van der Waals surface area contributed by atoms with Crippen LogP contribution >= 0.6 is 0 Å². The van der Waals surface area contributed by atoms with E-state index in [4.69, 9.17) is 18.9 Å². The van der Waals surface area contributed by atoms with E-state index in [1.165, 1.54) is 12.5 Å². The molecule has 1 N–H and O–H groups in total. The van der Waals surface area contributed by atoms with Gasteiger partial charge in [0.1, 0.15) is 24.4 Å². The number of ether oxygens (including phenoxy) is 4. The third-order valence-corrected chi connectivity index (χ3v) is 9.92. The Hall–Kier alpha value is -2.94. The topological polar surface area (TPSA) is 125 Å². The lowest BCUT2D eigenvalue weighted by Crippen LogP contribution is -2.60. The lowest BCUT2D eigenvalue weighted by Gasteiger charge is -2.59. The highest BCUT2D eigenvalue weighted by molar-refractivity contribution is 5.91. The summed E-state index contributed by atoms with van der Waals surface area (Å²) < 4.78 is 20.8. The van der Waals surface area contributed by atoms with Crippen molar-refractivity contribution in [3.05, 3.63) is 37.5 Å². The number of cyclic esters (lactones) is 1. The highest BCUT2D eigenvalue weighted by atomic mass is 16.6. The number of carbonyl (C=O) groups is 4. The largest absolute Gasteiger partial charge is 0.461 e.